The van der Waals surface area contributed by atoms with Crippen LogP contribution in [0.15, 0.2) is 59.1 Å². The van der Waals surface area contributed by atoms with Gasteiger partial charge in [0.1, 0.15) is 0 Å². The highest BCUT2D eigenvalue weighted by Gasteiger charge is 2.20. The Morgan fingerprint density at radius 1 is 1.00 bits per heavy atom. The highest BCUT2D eigenvalue weighted by Crippen LogP contribution is 2.21. The molecule has 0 aromatic heterocycles. The second kappa shape index (κ2) is 8.48. The van der Waals surface area contributed by atoms with Crippen molar-refractivity contribution in [3.63, 3.8) is 0 Å². The third-order valence-electron chi connectivity index (χ3n) is 3.51. The Hall–Kier alpha value is -2.14. The first-order chi connectivity index (χ1) is 11.1. The van der Waals surface area contributed by atoms with Crippen LogP contribution in [0.3, 0.4) is 0 Å². The van der Waals surface area contributed by atoms with Gasteiger partial charge in [-0.05, 0) is 40.0 Å². The van der Waals surface area contributed by atoms with Crippen molar-refractivity contribution in [2.24, 2.45) is 0 Å². The van der Waals surface area contributed by atoms with Gasteiger partial charge in [-0.1, -0.05) is 55.8 Å². The van der Waals surface area contributed by atoms with Crippen molar-refractivity contribution < 1.29 is 9.59 Å². The van der Waals surface area contributed by atoms with Crippen molar-refractivity contribution in [3.8, 4) is 0 Å². The van der Waals surface area contributed by atoms with Crippen LogP contribution >= 0.6 is 15.9 Å². The average molecular weight is 375 g/mol. The molecule has 4 nitrogen and oxygen atoms in total. The number of nitrogens with one attached hydrogen (secondary N) is 2. The van der Waals surface area contributed by atoms with Crippen LogP contribution in [0.2, 0.25) is 0 Å². The Morgan fingerprint density at radius 2 is 1.65 bits per heavy atom. The first kappa shape index (κ1) is 17.2. The monoisotopic (exact) mass is 374 g/mol. The zero-order chi connectivity index (χ0) is 16.7. The van der Waals surface area contributed by atoms with Gasteiger partial charge in [0.25, 0.3) is 5.91 Å². The standard InChI is InChI=1S/C18H19BrN2O2/c1-2-8-14(13-9-4-3-5-10-13)17(22)20-21-18(23)15-11-6-7-12-16(15)19/h3-7,9-12,14H,2,8H2,1H3,(H,20,22)(H,21,23)/t14-/m0/s1. The fourth-order valence-corrected chi connectivity index (χ4v) is 2.81. The fraction of sp³-hybridized carbons (Fsp3) is 0.222. The summed E-state index contributed by atoms with van der Waals surface area (Å²) in [6.07, 6.45) is 1.60. The number of amides is 2. The number of halogens is 1. The summed E-state index contributed by atoms with van der Waals surface area (Å²) in [4.78, 5) is 24.5. The van der Waals surface area contributed by atoms with Crippen molar-refractivity contribution in [1.29, 1.82) is 0 Å². The second-order valence-electron chi connectivity index (χ2n) is 5.18. The largest absolute Gasteiger partial charge is 0.273 e. The molecule has 0 aliphatic heterocycles. The Balaban J connectivity index is 2.02. The smallest absolute Gasteiger partial charge is 0.270 e. The number of hydrazine groups is 1. The molecular formula is C18H19BrN2O2. The van der Waals surface area contributed by atoms with Crippen molar-refractivity contribution in [3.05, 3.63) is 70.2 Å². The van der Waals surface area contributed by atoms with Gasteiger partial charge in [0, 0.05) is 4.47 Å². The van der Waals surface area contributed by atoms with Crippen LogP contribution in [0.25, 0.3) is 0 Å². The van der Waals surface area contributed by atoms with E-state index < -0.39 is 0 Å². The molecule has 0 heterocycles. The Labute approximate surface area is 144 Å². The summed E-state index contributed by atoms with van der Waals surface area (Å²) in [5.74, 6) is -0.840. The second-order valence-corrected chi connectivity index (χ2v) is 6.03. The molecule has 1 atom stereocenters. The molecule has 5 heteroatoms. The van der Waals surface area contributed by atoms with E-state index in [4.69, 9.17) is 0 Å². The van der Waals surface area contributed by atoms with E-state index in [-0.39, 0.29) is 17.7 Å². The maximum Gasteiger partial charge on any atom is 0.270 e. The molecule has 2 amide bonds. The summed E-state index contributed by atoms with van der Waals surface area (Å²) in [6.45, 7) is 2.03. The third kappa shape index (κ3) is 4.66. The van der Waals surface area contributed by atoms with E-state index in [1.807, 2.05) is 43.3 Å². The molecule has 0 saturated heterocycles. The molecule has 23 heavy (non-hydrogen) atoms. The molecule has 0 fully saturated rings. The van der Waals surface area contributed by atoms with E-state index in [0.717, 1.165) is 18.4 Å². The van der Waals surface area contributed by atoms with Gasteiger partial charge in [-0.25, -0.2) is 0 Å². The number of carbonyl (C=O) groups excluding carboxylic acids is 2. The number of rotatable bonds is 5. The summed E-state index contributed by atoms with van der Waals surface area (Å²) in [5.41, 5.74) is 6.43. The lowest BCUT2D eigenvalue weighted by Crippen LogP contribution is -2.44. The van der Waals surface area contributed by atoms with Gasteiger partial charge >= 0.3 is 0 Å². The summed E-state index contributed by atoms with van der Waals surface area (Å²) in [7, 11) is 0. The minimum atomic E-state index is -0.353. The van der Waals surface area contributed by atoms with E-state index in [9.17, 15) is 9.59 Å². The van der Waals surface area contributed by atoms with Crippen LogP contribution in [-0.4, -0.2) is 11.8 Å². The normalized spacial score (nSPS) is 11.6. The number of hydrogen-bond donors (Lipinski definition) is 2. The van der Waals surface area contributed by atoms with Crippen LogP contribution < -0.4 is 10.9 Å². The van der Waals surface area contributed by atoms with Crippen LogP contribution in [0.4, 0.5) is 0 Å². The summed E-state index contributed by atoms with van der Waals surface area (Å²) in [5, 5.41) is 0. The number of benzene rings is 2. The Bertz CT molecular complexity index is 674. The maximum atomic E-state index is 12.4. The van der Waals surface area contributed by atoms with E-state index in [1.165, 1.54) is 0 Å². The average Bonchev–Trinajstić information content (AvgIpc) is 2.58. The zero-order valence-corrected chi connectivity index (χ0v) is 14.5. The molecule has 0 aliphatic rings. The fourth-order valence-electron chi connectivity index (χ4n) is 2.34. The molecular weight excluding hydrogens is 356 g/mol. The highest BCUT2D eigenvalue weighted by molar-refractivity contribution is 9.10. The van der Waals surface area contributed by atoms with Gasteiger partial charge in [0.05, 0.1) is 11.5 Å². The van der Waals surface area contributed by atoms with E-state index in [2.05, 4.69) is 26.8 Å². The molecule has 120 valence electrons. The summed E-state index contributed by atoms with van der Waals surface area (Å²) in [6, 6.07) is 16.6. The SMILES string of the molecule is CCC[C@H](C(=O)NNC(=O)c1ccccc1Br)c1ccccc1. The molecule has 0 bridgehead atoms. The van der Waals surface area contributed by atoms with E-state index in [0.29, 0.717) is 10.0 Å². The molecule has 2 aromatic carbocycles. The molecule has 2 aromatic rings. The van der Waals surface area contributed by atoms with Crippen LogP contribution in [0.1, 0.15) is 41.6 Å². The molecule has 2 N–H and O–H groups in total. The van der Waals surface area contributed by atoms with E-state index in [1.54, 1.807) is 18.2 Å². The quantitative estimate of drug-likeness (QED) is 0.782. The first-order valence-electron chi connectivity index (χ1n) is 7.53. The lowest BCUT2D eigenvalue weighted by Gasteiger charge is -2.17. The van der Waals surface area contributed by atoms with Crippen molar-refractivity contribution in [2.45, 2.75) is 25.7 Å². The molecule has 2 rings (SSSR count). The Kier molecular flexibility index (Phi) is 6.35. The maximum absolute atomic E-state index is 12.4. The highest BCUT2D eigenvalue weighted by atomic mass is 79.9. The number of hydrogen-bond acceptors (Lipinski definition) is 2. The predicted molar refractivity (Wildman–Crippen MR) is 93.8 cm³/mol. The number of carbonyl (C=O) groups is 2. The lowest BCUT2D eigenvalue weighted by molar-refractivity contribution is -0.123. The molecule has 0 aliphatic carbocycles. The molecule has 0 spiro atoms. The topological polar surface area (TPSA) is 58.2 Å². The van der Waals surface area contributed by atoms with Crippen molar-refractivity contribution in [2.75, 3.05) is 0 Å². The third-order valence-corrected chi connectivity index (χ3v) is 4.20. The first-order valence-corrected chi connectivity index (χ1v) is 8.32. The lowest BCUT2D eigenvalue weighted by atomic mass is 9.94. The van der Waals surface area contributed by atoms with Crippen molar-refractivity contribution >= 4 is 27.7 Å². The van der Waals surface area contributed by atoms with Crippen molar-refractivity contribution in [1.82, 2.24) is 10.9 Å². The van der Waals surface area contributed by atoms with E-state index >= 15 is 0 Å². The minimum absolute atomic E-state index is 0.210. The van der Waals surface area contributed by atoms with Gasteiger partial charge in [-0.15, -0.1) is 0 Å². The van der Waals surface area contributed by atoms with Crippen LogP contribution in [-0.2, 0) is 4.79 Å². The molecule has 0 radical (unpaired) electrons. The predicted octanol–water partition coefficient (Wildman–Crippen LogP) is 3.79. The van der Waals surface area contributed by atoms with Crippen LogP contribution in [0.5, 0.6) is 0 Å². The van der Waals surface area contributed by atoms with Crippen LogP contribution in [0, 0.1) is 0 Å². The van der Waals surface area contributed by atoms with Gasteiger partial charge in [-0.3, -0.25) is 20.4 Å². The summed E-state index contributed by atoms with van der Waals surface area (Å²) >= 11 is 3.32. The Morgan fingerprint density at radius 3 is 2.30 bits per heavy atom. The minimum Gasteiger partial charge on any atom is -0.273 e. The molecule has 0 unspecified atom stereocenters. The molecule has 0 saturated carbocycles. The zero-order valence-electron chi connectivity index (χ0n) is 12.9. The van der Waals surface area contributed by atoms with Gasteiger partial charge < -0.3 is 0 Å². The summed E-state index contributed by atoms with van der Waals surface area (Å²) < 4.78 is 0.680. The van der Waals surface area contributed by atoms with Gasteiger partial charge in [-0.2, -0.15) is 0 Å². The van der Waals surface area contributed by atoms with Gasteiger partial charge in [0.2, 0.25) is 5.91 Å². The van der Waals surface area contributed by atoms with Gasteiger partial charge in [0.15, 0.2) is 0 Å².